The first-order valence-electron chi connectivity index (χ1n) is 7.06. The monoisotopic (exact) mass is 308 g/mol. The molecule has 1 aromatic heterocycles. The van der Waals surface area contributed by atoms with Crippen molar-refractivity contribution in [3.63, 3.8) is 0 Å². The van der Waals surface area contributed by atoms with Gasteiger partial charge in [0.2, 0.25) is 5.91 Å². The van der Waals surface area contributed by atoms with E-state index in [1.807, 2.05) is 36.9 Å². The lowest BCUT2D eigenvalue weighted by Crippen LogP contribution is -2.10. The van der Waals surface area contributed by atoms with Crippen LogP contribution in [0.2, 0.25) is 0 Å². The van der Waals surface area contributed by atoms with Gasteiger partial charge in [0.05, 0.1) is 10.2 Å². The molecule has 0 atom stereocenters. The summed E-state index contributed by atoms with van der Waals surface area (Å²) in [6, 6.07) is 5.93. The normalized spacial score (nSPS) is 10.9. The van der Waals surface area contributed by atoms with Crippen molar-refractivity contribution in [2.75, 3.05) is 11.1 Å². The molecule has 0 saturated carbocycles. The van der Waals surface area contributed by atoms with Crippen LogP contribution in [0.4, 0.5) is 5.69 Å². The SMILES string of the molecule is CCCCSc1nc2ccc(NC(=O)CCC)cc2s1. The van der Waals surface area contributed by atoms with E-state index >= 15 is 0 Å². The van der Waals surface area contributed by atoms with E-state index in [0.717, 1.165) is 32.4 Å². The van der Waals surface area contributed by atoms with E-state index < -0.39 is 0 Å². The maximum absolute atomic E-state index is 11.6. The molecule has 0 saturated heterocycles. The maximum atomic E-state index is 11.6. The third-order valence-electron chi connectivity index (χ3n) is 2.85. The Morgan fingerprint density at radius 2 is 2.20 bits per heavy atom. The zero-order chi connectivity index (χ0) is 14.4. The molecule has 0 bridgehead atoms. The first-order chi connectivity index (χ1) is 9.72. The van der Waals surface area contributed by atoms with Gasteiger partial charge in [-0.25, -0.2) is 4.98 Å². The first-order valence-corrected chi connectivity index (χ1v) is 8.86. The van der Waals surface area contributed by atoms with Crippen LogP contribution in [0.1, 0.15) is 39.5 Å². The van der Waals surface area contributed by atoms with E-state index in [-0.39, 0.29) is 5.91 Å². The number of anilines is 1. The molecule has 3 nitrogen and oxygen atoms in total. The zero-order valence-corrected chi connectivity index (χ0v) is 13.6. The fourth-order valence-electron chi connectivity index (χ4n) is 1.80. The van der Waals surface area contributed by atoms with E-state index in [4.69, 9.17) is 0 Å². The lowest BCUT2D eigenvalue weighted by atomic mass is 10.2. The van der Waals surface area contributed by atoms with Gasteiger partial charge in [-0.3, -0.25) is 4.79 Å². The Labute approximate surface area is 128 Å². The number of carbonyl (C=O) groups is 1. The largest absolute Gasteiger partial charge is 0.326 e. The zero-order valence-electron chi connectivity index (χ0n) is 11.9. The predicted molar refractivity (Wildman–Crippen MR) is 88.8 cm³/mol. The summed E-state index contributed by atoms with van der Waals surface area (Å²) in [6.45, 7) is 4.20. The van der Waals surface area contributed by atoms with Gasteiger partial charge in [0, 0.05) is 17.9 Å². The van der Waals surface area contributed by atoms with Gasteiger partial charge in [0.25, 0.3) is 0 Å². The summed E-state index contributed by atoms with van der Waals surface area (Å²) < 4.78 is 2.25. The molecule has 0 spiro atoms. The number of thiazole rings is 1. The van der Waals surface area contributed by atoms with Gasteiger partial charge in [0.15, 0.2) is 4.34 Å². The van der Waals surface area contributed by atoms with E-state index in [1.165, 1.54) is 12.8 Å². The molecule has 2 aromatic rings. The Bertz CT molecular complexity index is 580. The highest BCUT2D eigenvalue weighted by Crippen LogP contribution is 2.31. The summed E-state index contributed by atoms with van der Waals surface area (Å²) in [6.07, 6.45) is 3.87. The number of amides is 1. The summed E-state index contributed by atoms with van der Waals surface area (Å²) in [7, 11) is 0. The van der Waals surface area contributed by atoms with E-state index in [1.54, 1.807) is 11.3 Å². The Morgan fingerprint density at radius 1 is 1.35 bits per heavy atom. The molecule has 0 aliphatic heterocycles. The minimum absolute atomic E-state index is 0.0777. The van der Waals surface area contributed by atoms with Crippen molar-refractivity contribution >= 4 is 44.9 Å². The predicted octanol–water partition coefficient (Wildman–Crippen LogP) is 4.93. The minimum atomic E-state index is 0.0777. The van der Waals surface area contributed by atoms with Gasteiger partial charge >= 0.3 is 0 Å². The average molecular weight is 308 g/mol. The van der Waals surface area contributed by atoms with Gasteiger partial charge in [-0.2, -0.15) is 0 Å². The molecule has 108 valence electrons. The molecule has 0 aliphatic rings. The average Bonchev–Trinajstić information content (AvgIpc) is 2.81. The van der Waals surface area contributed by atoms with Gasteiger partial charge in [-0.05, 0) is 31.0 Å². The number of aromatic nitrogens is 1. The van der Waals surface area contributed by atoms with Crippen LogP contribution in [0.5, 0.6) is 0 Å². The standard InChI is InChI=1S/C15H20N2OS2/c1-3-5-9-19-15-17-12-8-7-11(10-13(12)20-15)16-14(18)6-4-2/h7-8,10H,3-6,9H2,1-2H3,(H,16,18). The first kappa shape index (κ1) is 15.3. The van der Waals surface area contributed by atoms with Crippen molar-refractivity contribution < 1.29 is 4.79 Å². The smallest absolute Gasteiger partial charge is 0.224 e. The van der Waals surface area contributed by atoms with Crippen LogP contribution in [0.3, 0.4) is 0 Å². The van der Waals surface area contributed by atoms with Crippen LogP contribution < -0.4 is 5.32 Å². The maximum Gasteiger partial charge on any atom is 0.224 e. The summed E-state index contributed by atoms with van der Waals surface area (Å²) >= 11 is 3.52. The second-order valence-corrected chi connectivity index (χ2v) is 7.04. The van der Waals surface area contributed by atoms with Crippen molar-refractivity contribution in [3.8, 4) is 0 Å². The molecule has 1 aromatic carbocycles. The summed E-state index contributed by atoms with van der Waals surface area (Å²) in [5, 5.41) is 2.93. The van der Waals surface area contributed by atoms with Crippen molar-refractivity contribution in [3.05, 3.63) is 18.2 Å². The number of benzene rings is 1. The highest BCUT2D eigenvalue weighted by molar-refractivity contribution is 8.01. The van der Waals surface area contributed by atoms with Crippen molar-refractivity contribution in [2.24, 2.45) is 0 Å². The lowest BCUT2D eigenvalue weighted by Gasteiger charge is -2.03. The highest BCUT2D eigenvalue weighted by Gasteiger charge is 2.06. The van der Waals surface area contributed by atoms with Crippen LogP contribution in [-0.2, 0) is 4.79 Å². The fraction of sp³-hybridized carbons (Fsp3) is 0.467. The van der Waals surface area contributed by atoms with Gasteiger partial charge < -0.3 is 5.32 Å². The van der Waals surface area contributed by atoms with Crippen molar-refractivity contribution in [1.82, 2.24) is 4.98 Å². The Kier molecular flexibility index (Phi) is 5.86. The number of hydrogen-bond donors (Lipinski definition) is 1. The molecule has 1 heterocycles. The summed E-state index contributed by atoms with van der Waals surface area (Å²) in [5.74, 6) is 1.20. The Hall–Kier alpha value is -1.07. The number of unbranched alkanes of at least 4 members (excludes halogenated alkanes) is 1. The quantitative estimate of drug-likeness (QED) is 0.582. The molecular weight excluding hydrogens is 288 g/mol. The van der Waals surface area contributed by atoms with Crippen LogP contribution in [0.25, 0.3) is 10.2 Å². The van der Waals surface area contributed by atoms with Crippen molar-refractivity contribution in [1.29, 1.82) is 0 Å². The fourth-order valence-corrected chi connectivity index (χ4v) is 4.06. The number of hydrogen-bond acceptors (Lipinski definition) is 4. The molecule has 1 N–H and O–H groups in total. The molecule has 0 aliphatic carbocycles. The molecule has 0 unspecified atom stereocenters. The lowest BCUT2D eigenvalue weighted by molar-refractivity contribution is -0.116. The third-order valence-corrected chi connectivity index (χ3v) is 5.10. The van der Waals surface area contributed by atoms with Gasteiger partial charge in [-0.15, -0.1) is 11.3 Å². The molecule has 2 rings (SSSR count). The topological polar surface area (TPSA) is 42.0 Å². The van der Waals surface area contributed by atoms with Crippen molar-refractivity contribution in [2.45, 2.75) is 43.9 Å². The van der Waals surface area contributed by atoms with Crippen LogP contribution in [0.15, 0.2) is 22.5 Å². The molecular formula is C15H20N2OS2. The molecule has 0 radical (unpaired) electrons. The van der Waals surface area contributed by atoms with E-state index in [0.29, 0.717) is 6.42 Å². The van der Waals surface area contributed by atoms with Gasteiger partial charge in [-0.1, -0.05) is 32.0 Å². The second kappa shape index (κ2) is 7.64. The Balaban J connectivity index is 2.07. The number of rotatable bonds is 7. The second-order valence-electron chi connectivity index (χ2n) is 4.66. The highest BCUT2D eigenvalue weighted by atomic mass is 32.2. The number of fused-ring (bicyclic) bond motifs is 1. The molecule has 1 amide bonds. The molecule has 20 heavy (non-hydrogen) atoms. The number of nitrogens with zero attached hydrogens (tertiary/aromatic N) is 1. The Morgan fingerprint density at radius 3 is 2.95 bits per heavy atom. The van der Waals surface area contributed by atoms with Crippen LogP contribution >= 0.6 is 23.1 Å². The van der Waals surface area contributed by atoms with E-state index in [9.17, 15) is 4.79 Å². The molecule has 0 fully saturated rings. The number of carbonyl (C=O) groups excluding carboxylic acids is 1. The third kappa shape index (κ3) is 4.21. The van der Waals surface area contributed by atoms with E-state index in [2.05, 4.69) is 17.2 Å². The summed E-state index contributed by atoms with van der Waals surface area (Å²) in [4.78, 5) is 16.2. The van der Waals surface area contributed by atoms with Crippen LogP contribution in [0, 0.1) is 0 Å². The minimum Gasteiger partial charge on any atom is -0.326 e. The molecule has 5 heteroatoms. The summed E-state index contributed by atoms with van der Waals surface area (Å²) in [5.41, 5.74) is 1.88. The number of nitrogens with one attached hydrogen (secondary N) is 1. The van der Waals surface area contributed by atoms with Crippen LogP contribution in [-0.4, -0.2) is 16.6 Å². The van der Waals surface area contributed by atoms with Gasteiger partial charge in [0.1, 0.15) is 0 Å². The number of thioether (sulfide) groups is 1.